The minimum absolute atomic E-state index is 0.0635. The first-order chi connectivity index (χ1) is 12.1. The molecule has 1 saturated heterocycles. The van der Waals surface area contributed by atoms with Gasteiger partial charge in [0.25, 0.3) is 5.91 Å². The predicted octanol–water partition coefficient (Wildman–Crippen LogP) is 2.17. The first-order valence-corrected chi connectivity index (χ1v) is 8.66. The van der Waals surface area contributed by atoms with Crippen molar-refractivity contribution in [3.63, 3.8) is 0 Å². The van der Waals surface area contributed by atoms with Crippen LogP contribution in [0.15, 0.2) is 28.8 Å². The molecule has 1 aromatic carbocycles. The monoisotopic (exact) mass is 344 g/mol. The van der Waals surface area contributed by atoms with Crippen molar-refractivity contribution >= 4 is 5.91 Å². The van der Waals surface area contributed by atoms with Gasteiger partial charge in [0.05, 0.1) is 0 Å². The number of hydrogen-bond donors (Lipinski definition) is 1. The molecule has 0 radical (unpaired) electrons. The summed E-state index contributed by atoms with van der Waals surface area (Å²) in [4.78, 5) is 18.7. The van der Waals surface area contributed by atoms with E-state index in [4.69, 9.17) is 9.26 Å². The lowest BCUT2D eigenvalue weighted by molar-refractivity contribution is 0.0940. The normalized spacial score (nSPS) is 15.9. The van der Waals surface area contributed by atoms with Gasteiger partial charge in [0.15, 0.2) is 6.61 Å². The fourth-order valence-electron chi connectivity index (χ4n) is 2.90. The molecule has 2 aromatic rings. The molecule has 1 fully saturated rings. The number of nitrogens with zero attached hydrogens (tertiary/aromatic N) is 3. The maximum Gasteiger partial charge on any atom is 0.251 e. The highest BCUT2D eigenvalue weighted by atomic mass is 16.5. The van der Waals surface area contributed by atoms with Crippen molar-refractivity contribution in [2.24, 2.45) is 0 Å². The van der Waals surface area contributed by atoms with Gasteiger partial charge >= 0.3 is 0 Å². The number of nitrogens with one attached hydrogen (secondary N) is 1. The highest BCUT2D eigenvalue weighted by molar-refractivity contribution is 5.94. The highest BCUT2D eigenvalue weighted by Crippen LogP contribution is 2.14. The number of benzene rings is 1. The number of ether oxygens (including phenoxy) is 1. The van der Waals surface area contributed by atoms with Crippen LogP contribution in [-0.4, -0.2) is 46.6 Å². The van der Waals surface area contributed by atoms with E-state index in [-0.39, 0.29) is 12.5 Å². The van der Waals surface area contributed by atoms with E-state index in [1.807, 2.05) is 0 Å². The van der Waals surface area contributed by atoms with E-state index < -0.39 is 0 Å². The van der Waals surface area contributed by atoms with Crippen LogP contribution >= 0.6 is 0 Å². The zero-order chi connectivity index (χ0) is 17.6. The minimum atomic E-state index is -0.0635. The van der Waals surface area contributed by atoms with Crippen molar-refractivity contribution in [1.29, 1.82) is 0 Å². The Morgan fingerprint density at radius 3 is 2.68 bits per heavy atom. The summed E-state index contributed by atoms with van der Waals surface area (Å²) in [6.45, 7) is 7.03. The Balaban J connectivity index is 1.46. The van der Waals surface area contributed by atoms with E-state index >= 15 is 0 Å². The molecule has 0 spiro atoms. The minimum Gasteiger partial charge on any atom is -0.485 e. The first-order valence-electron chi connectivity index (χ1n) is 8.66. The maximum absolute atomic E-state index is 12.3. The Kier molecular flexibility index (Phi) is 5.65. The van der Waals surface area contributed by atoms with E-state index in [0.29, 0.717) is 35.6 Å². The largest absolute Gasteiger partial charge is 0.485 e. The molecule has 1 atom stereocenters. The van der Waals surface area contributed by atoms with Crippen LogP contribution in [0.25, 0.3) is 0 Å². The molecular formula is C18H24N4O3. The number of likely N-dealkylation sites (tertiary alicyclic amines) is 1. The zero-order valence-corrected chi connectivity index (χ0v) is 14.7. The van der Waals surface area contributed by atoms with Gasteiger partial charge in [-0.2, -0.15) is 4.98 Å². The van der Waals surface area contributed by atoms with Crippen LogP contribution in [0, 0.1) is 6.92 Å². The smallest absolute Gasteiger partial charge is 0.251 e. The molecule has 0 saturated carbocycles. The van der Waals surface area contributed by atoms with Gasteiger partial charge in [-0.15, -0.1) is 0 Å². The second-order valence-corrected chi connectivity index (χ2v) is 6.34. The van der Waals surface area contributed by atoms with E-state index in [1.54, 1.807) is 31.2 Å². The molecule has 1 amide bonds. The van der Waals surface area contributed by atoms with Crippen LogP contribution in [-0.2, 0) is 6.61 Å². The molecule has 0 bridgehead atoms. The second kappa shape index (κ2) is 8.11. The number of rotatable bonds is 7. The number of aryl methyl sites for hydroxylation is 1. The van der Waals surface area contributed by atoms with Gasteiger partial charge in [0.1, 0.15) is 5.75 Å². The third-order valence-electron chi connectivity index (χ3n) is 4.38. The topological polar surface area (TPSA) is 80.5 Å². The molecule has 1 aliphatic rings. The van der Waals surface area contributed by atoms with E-state index in [1.165, 1.54) is 12.8 Å². The van der Waals surface area contributed by atoms with Crippen LogP contribution in [0.1, 0.15) is 41.8 Å². The molecule has 7 nitrogen and oxygen atoms in total. The summed E-state index contributed by atoms with van der Waals surface area (Å²) >= 11 is 0. The van der Waals surface area contributed by atoms with Gasteiger partial charge in [0, 0.05) is 25.1 Å². The van der Waals surface area contributed by atoms with Gasteiger partial charge in [-0.25, -0.2) is 0 Å². The third kappa shape index (κ3) is 4.79. The molecule has 7 heteroatoms. The molecular weight excluding hydrogens is 320 g/mol. The predicted molar refractivity (Wildman–Crippen MR) is 92.4 cm³/mol. The van der Waals surface area contributed by atoms with Gasteiger partial charge in [-0.1, -0.05) is 5.16 Å². The molecule has 3 rings (SSSR count). The lowest BCUT2D eigenvalue weighted by Gasteiger charge is -2.23. The Hall–Kier alpha value is -2.41. The fourth-order valence-corrected chi connectivity index (χ4v) is 2.90. The van der Waals surface area contributed by atoms with Gasteiger partial charge in [-0.05, 0) is 57.1 Å². The van der Waals surface area contributed by atoms with Crippen LogP contribution in [0.5, 0.6) is 5.75 Å². The fraction of sp³-hybridized carbons (Fsp3) is 0.500. The number of aromatic nitrogens is 2. The first kappa shape index (κ1) is 17.4. The molecule has 0 aliphatic carbocycles. The van der Waals surface area contributed by atoms with Crippen LogP contribution in [0.4, 0.5) is 0 Å². The lowest BCUT2D eigenvalue weighted by atomic mass is 10.2. The van der Waals surface area contributed by atoms with Crippen molar-refractivity contribution in [3.05, 3.63) is 41.5 Å². The average molecular weight is 344 g/mol. The van der Waals surface area contributed by atoms with E-state index in [0.717, 1.165) is 13.1 Å². The number of carbonyl (C=O) groups excluding carboxylic acids is 1. The number of hydrogen-bond acceptors (Lipinski definition) is 6. The van der Waals surface area contributed by atoms with Crippen molar-refractivity contribution < 1.29 is 14.1 Å². The second-order valence-electron chi connectivity index (χ2n) is 6.34. The third-order valence-corrected chi connectivity index (χ3v) is 4.38. The summed E-state index contributed by atoms with van der Waals surface area (Å²) in [6.07, 6.45) is 2.51. The van der Waals surface area contributed by atoms with Crippen molar-refractivity contribution in [1.82, 2.24) is 20.4 Å². The van der Waals surface area contributed by atoms with Gasteiger partial charge < -0.3 is 14.6 Å². The summed E-state index contributed by atoms with van der Waals surface area (Å²) in [5, 5.41) is 6.77. The molecule has 1 aliphatic heterocycles. The standard InChI is InChI=1S/C18H24N4O3/c1-13(22-9-3-4-10-22)11-19-18(23)15-5-7-16(8-6-15)24-12-17-20-14(2)25-21-17/h5-8,13H,3-4,9-12H2,1-2H3,(H,19,23)/t13-/m0/s1. The summed E-state index contributed by atoms with van der Waals surface area (Å²) in [7, 11) is 0. The van der Waals surface area contributed by atoms with E-state index in [2.05, 4.69) is 27.3 Å². The Morgan fingerprint density at radius 2 is 2.04 bits per heavy atom. The molecule has 2 heterocycles. The van der Waals surface area contributed by atoms with E-state index in [9.17, 15) is 4.79 Å². The van der Waals surface area contributed by atoms with Crippen molar-refractivity contribution in [2.75, 3.05) is 19.6 Å². The zero-order valence-electron chi connectivity index (χ0n) is 14.7. The molecule has 1 aromatic heterocycles. The molecule has 1 N–H and O–H groups in total. The SMILES string of the molecule is Cc1nc(COc2ccc(C(=O)NC[C@H](C)N3CCCC3)cc2)no1. The summed E-state index contributed by atoms with van der Waals surface area (Å²) < 4.78 is 10.5. The summed E-state index contributed by atoms with van der Waals surface area (Å²) in [5.41, 5.74) is 0.622. The molecule has 134 valence electrons. The summed E-state index contributed by atoms with van der Waals surface area (Å²) in [5.74, 6) is 1.60. The number of carbonyl (C=O) groups is 1. The average Bonchev–Trinajstić information content (AvgIpc) is 3.30. The lowest BCUT2D eigenvalue weighted by Crippen LogP contribution is -2.40. The quantitative estimate of drug-likeness (QED) is 0.829. The van der Waals surface area contributed by atoms with Crippen LogP contribution in [0.2, 0.25) is 0 Å². The Bertz CT molecular complexity index is 693. The highest BCUT2D eigenvalue weighted by Gasteiger charge is 2.18. The van der Waals surface area contributed by atoms with Crippen LogP contribution in [0.3, 0.4) is 0 Å². The number of amides is 1. The molecule has 0 unspecified atom stereocenters. The van der Waals surface area contributed by atoms with Crippen molar-refractivity contribution in [3.8, 4) is 5.75 Å². The Morgan fingerprint density at radius 1 is 1.32 bits per heavy atom. The van der Waals surface area contributed by atoms with Gasteiger partial charge in [-0.3, -0.25) is 9.69 Å². The van der Waals surface area contributed by atoms with Crippen LogP contribution < -0.4 is 10.1 Å². The maximum atomic E-state index is 12.3. The molecule has 25 heavy (non-hydrogen) atoms. The van der Waals surface area contributed by atoms with Gasteiger partial charge in [0.2, 0.25) is 11.7 Å². The summed E-state index contributed by atoms with van der Waals surface area (Å²) in [6, 6.07) is 7.42. The Labute approximate surface area is 147 Å². The van der Waals surface area contributed by atoms with Crippen molar-refractivity contribution in [2.45, 2.75) is 39.3 Å².